The van der Waals surface area contributed by atoms with Gasteiger partial charge < -0.3 is 9.32 Å². The average Bonchev–Trinajstić information content (AvgIpc) is 3.51. The van der Waals surface area contributed by atoms with Gasteiger partial charge in [0.25, 0.3) is 0 Å². The van der Waals surface area contributed by atoms with E-state index in [4.69, 9.17) is 4.42 Å². The van der Waals surface area contributed by atoms with Crippen LogP contribution >= 0.6 is 0 Å². The van der Waals surface area contributed by atoms with Crippen molar-refractivity contribution >= 4 is 82.1 Å². The maximum atomic E-state index is 6.30. The Morgan fingerprint density at radius 3 is 1.92 bits per heavy atom. The van der Waals surface area contributed by atoms with Crippen molar-refractivity contribution in [1.82, 2.24) is 0 Å². The topological polar surface area (TPSA) is 16.4 Å². The van der Waals surface area contributed by atoms with Crippen molar-refractivity contribution < 1.29 is 4.42 Å². The van der Waals surface area contributed by atoms with E-state index >= 15 is 0 Å². The van der Waals surface area contributed by atoms with Gasteiger partial charge in [-0.05, 0) is 97.4 Å². The third kappa shape index (κ3) is 4.20. The van der Waals surface area contributed by atoms with E-state index < -0.39 is 0 Å². The van der Waals surface area contributed by atoms with E-state index in [1.807, 2.05) is 12.1 Å². The van der Waals surface area contributed by atoms with Crippen molar-refractivity contribution in [2.45, 2.75) is 0 Å². The van der Waals surface area contributed by atoms with E-state index in [0.29, 0.717) is 0 Å². The number of hydrogen-bond acceptors (Lipinski definition) is 2. The Morgan fingerprint density at radius 1 is 0.333 bits per heavy atom. The minimum atomic E-state index is 0.906. The van der Waals surface area contributed by atoms with Gasteiger partial charge in [0.1, 0.15) is 11.2 Å². The number of nitrogens with zero attached hydrogens (tertiary/aromatic N) is 1. The number of furan rings is 1. The van der Waals surface area contributed by atoms with Gasteiger partial charge in [0.15, 0.2) is 0 Å². The normalized spacial score (nSPS) is 11.8. The third-order valence-corrected chi connectivity index (χ3v) is 9.77. The second kappa shape index (κ2) is 10.6. The van der Waals surface area contributed by atoms with E-state index in [9.17, 15) is 0 Å². The standard InChI is InChI=1S/C46H29NO/c1-2-10-30(11-3-1)33-13-8-15-36(26-33)47(43-18-9-14-34-28-45-42(29-41(34)43)40-17-6-7-19-44(40)48-45)37-24-25-39-35(27-37)23-22-32-21-20-31-12-4-5-16-38(31)46(32)39/h1-29H. The summed E-state index contributed by atoms with van der Waals surface area (Å²) in [6.07, 6.45) is 0. The summed E-state index contributed by atoms with van der Waals surface area (Å²) < 4.78 is 6.30. The van der Waals surface area contributed by atoms with Gasteiger partial charge in [-0.2, -0.15) is 0 Å². The van der Waals surface area contributed by atoms with Crippen molar-refractivity contribution in [3.05, 3.63) is 176 Å². The number of anilines is 3. The Balaban J connectivity index is 1.24. The van der Waals surface area contributed by atoms with Crippen LogP contribution in [0, 0.1) is 0 Å². The van der Waals surface area contributed by atoms with Crippen LogP contribution < -0.4 is 4.90 Å². The monoisotopic (exact) mass is 611 g/mol. The summed E-state index contributed by atoms with van der Waals surface area (Å²) in [6, 6.07) is 63.5. The first-order valence-electron chi connectivity index (χ1n) is 16.4. The number of hydrogen-bond donors (Lipinski definition) is 0. The molecule has 0 bridgehead atoms. The molecule has 10 aromatic rings. The lowest BCUT2D eigenvalue weighted by molar-refractivity contribution is 0.669. The van der Waals surface area contributed by atoms with Gasteiger partial charge in [-0.1, -0.05) is 127 Å². The lowest BCUT2D eigenvalue weighted by Gasteiger charge is -2.28. The zero-order chi connectivity index (χ0) is 31.6. The second-order valence-electron chi connectivity index (χ2n) is 12.6. The lowest BCUT2D eigenvalue weighted by atomic mass is 9.96. The van der Waals surface area contributed by atoms with Crippen LogP contribution in [-0.4, -0.2) is 0 Å². The minimum absolute atomic E-state index is 0.906. The maximum absolute atomic E-state index is 6.30. The fraction of sp³-hybridized carbons (Fsp3) is 0. The average molecular weight is 612 g/mol. The van der Waals surface area contributed by atoms with E-state index in [2.05, 4.69) is 169 Å². The Morgan fingerprint density at radius 2 is 1.00 bits per heavy atom. The van der Waals surface area contributed by atoms with Gasteiger partial charge in [0, 0.05) is 27.5 Å². The minimum Gasteiger partial charge on any atom is -0.456 e. The summed E-state index contributed by atoms with van der Waals surface area (Å²) in [7, 11) is 0. The predicted octanol–water partition coefficient (Wildman–Crippen LogP) is 13.3. The van der Waals surface area contributed by atoms with Crippen LogP contribution in [0.5, 0.6) is 0 Å². The van der Waals surface area contributed by atoms with Crippen LogP contribution in [0.3, 0.4) is 0 Å². The zero-order valence-corrected chi connectivity index (χ0v) is 26.1. The molecule has 0 fully saturated rings. The molecule has 2 nitrogen and oxygen atoms in total. The maximum Gasteiger partial charge on any atom is 0.136 e. The molecule has 0 aliphatic carbocycles. The molecule has 0 aliphatic heterocycles. The molecule has 0 atom stereocenters. The summed E-state index contributed by atoms with van der Waals surface area (Å²) in [4.78, 5) is 2.41. The highest BCUT2D eigenvalue weighted by Crippen LogP contribution is 2.44. The van der Waals surface area contributed by atoms with Crippen LogP contribution in [0.4, 0.5) is 17.1 Å². The number of para-hydroxylation sites is 1. The largest absolute Gasteiger partial charge is 0.456 e. The van der Waals surface area contributed by atoms with Crippen molar-refractivity contribution in [3.63, 3.8) is 0 Å². The van der Waals surface area contributed by atoms with E-state index in [0.717, 1.165) is 44.4 Å². The van der Waals surface area contributed by atoms with E-state index in [1.165, 1.54) is 48.8 Å². The molecule has 224 valence electrons. The summed E-state index contributed by atoms with van der Waals surface area (Å²) in [5.41, 5.74) is 7.52. The van der Waals surface area contributed by atoms with Gasteiger partial charge in [-0.3, -0.25) is 0 Å². The molecular formula is C46H29NO. The molecule has 1 heterocycles. The van der Waals surface area contributed by atoms with Crippen molar-refractivity contribution in [2.24, 2.45) is 0 Å². The van der Waals surface area contributed by atoms with Crippen LogP contribution in [0.1, 0.15) is 0 Å². The second-order valence-corrected chi connectivity index (χ2v) is 12.6. The molecule has 48 heavy (non-hydrogen) atoms. The quantitative estimate of drug-likeness (QED) is 0.184. The van der Waals surface area contributed by atoms with Crippen LogP contribution in [0.25, 0.3) is 76.2 Å². The smallest absolute Gasteiger partial charge is 0.136 e. The lowest BCUT2D eigenvalue weighted by Crippen LogP contribution is -2.10. The van der Waals surface area contributed by atoms with E-state index in [-0.39, 0.29) is 0 Å². The molecule has 0 N–H and O–H groups in total. The summed E-state index contributed by atoms with van der Waals surface area (Å²) in [5, 5.41) is 12.1. The first-order chi connectivity index (χ1) is 23.8. The summed E-state index contributed by atoms with van der Waals surface area (Å²) >= 11 is 0. The van der Waals surface area contributed by atoms with Crippen LogP contribution in [0.2, 0.25) is 0 Å². The first-order valence-corrected chi connectivity index (χ1v) is 16.4. The summed E-state index contributed by atoms with van der Waals surface area (Å²) in [5.74, 6) is 0. The molecule has 0 aliphatic rings. The van der Waals surface area contributed by atoms with Crippen molar-refractivity contribution in [2.75, 3.05) is 4.90 Å². The fourth-order valence-corrected chi connectivity index (χ4v) is 7.52. The Hall–Kier alpha value is -6.38. The van der Waals surface area contributed by atoms with Crippen LogP contribution in [-0.2, 0) is 0 Å². The molecule has 1 aromatic heterocycles. The molecule has 0 spiro atoms. The number of rotatable bonds is 4. The van der Waals surface area contributed by atoms with Crippen molar-refractivity contribution in [3.8, 4) is 11.1 Å². The highest BCUT2D eigenvalue weighted by atomic mass is 16.3. The Kier molecular flexibility index (Phi) is 5.91. The highest BCUT2D eigenvalue weighted by molar-refractivity contribution is 6.21. The SMILES string of the molecule is c1ccc(-c2cccc(N(c3ccc4c(ccc5ccc6ccccc6c54)c3)c3cccc4cc5oc6ccccc6c5cc34)c2)cc1. The Bertz CT molecular complexity index is 2850. The highest BCUT2D eigenvalue weighted by Gasteiger charge is 2.19. The number of fused-ring (bicyclic) bond motifs is 9. The van der Waals surface area contributed by atoms with E-state index in [1.54, 1.807) is 0 Å². The van der Waals surface area contributed by atoms with Crippen molar-refractivity contribution in [1.29, 1.82) is 0 Å². The third-order valence-electron chi connectivity index (χ3n) is 9.77. The first kappa shape index (κ1) is 26.8. The zero-order valence-electron chi connectivity index (χ0n) is 26.1. The van der Waals surface area contributed by atoms with Gasteiger partial charge in [0.05, 0.1) is 5.69 Å². The van der Waals surface area contributed by atoms with Gasteiger partial charge in [-0.25, -0.2) is 0 Å². The Labute approximate surface area is 277 Å². The molecule has 0 saturated carbocycles. The molecule has 0 radical (unpaired) electrons. The molecule has 0 unspecified atom stereocenters. The van der Waals surface area contributed by atoms with Gasteiger partial charge in [0.2, 0.25) is 0 Å². The summed E-state index contributed by atoms with van der Waals surface area (Å²) in [6.45, 7) is 0. The van der Waals surface area contributed by atoms with Crippen LogP contribution in [0.15, 0.2) is 180 Å². The fourth-order valence-electron chi connectivity index (χ4n) is 7.52. The molecule has 0 saturated heterocycles. The molecule has 2 heteroatoms. The van der Waals surface area contributed by atoms with Gasteiger partial charge >= 0.3 is 0 Å². The predicted molar refractivity (Wildman–Crippen MR) is 204 cm³/mol. The molecule has 10 rings (SSSR count). The van der Waals surface area contributed by atoms with Gasteiger partial charge in [-0.15, -0.1) is 0 Å². The molecule has 9 aromatic carbocycles. The molecular weight excluding hydrogens is 583 g/mol. The molecule has 0 amide bonds. The number of benzene rings is 9.